The standard InChI is InChI=1S/C11H15N5O3S/c1-8(11-12-15-16-13-11)14-20(18,19)7-10-4-2-3-9(5-10)6-17/h2-5,8,14,17H,6-7H2,1H3,(H,12,13,15,16). The maximum Gasteiger partial charge on any atom is 0.216 e. The number of aliphatic hydroxyl groups is 1. The molecule has 0 aliphatic rings. The Hall–Kier alpha value is -1.84. The number of nitrogens with zero attached hydrogens (tertiary/aromatic N) is 3. The molecule has 1 aromatic heterocycles. The number of aromatic nitrogens is 4. The second-order valence-electron chi connectivity index (χ2n) is 4.35. The molecule has 9 heteroatoms. The van der Waals surface area contributed by atoms with Crippen molar-refractivity contribution in [2.75, 3.05) is 0 Å². The highest BCUT2D eigenvalue weighted by molar-refractivity contribution is 7.88. The molecule has 3 N–H and O–H groups in total. The van der Waals surface area contributed by atoms with Gasteiger partial charge in [0.25, 0.3) is 0 Å². The van der Waals surface area contributed by atoms with Crippen molar-refractivity contribution in [1.29, 1.82) is 0 Å². The molecule has 1 aromatic carbocycles. The molecule has 108 valence electrons. The topological polar surface area (TPSA) is 121 Å². The summed E-state index contributed by atoms with van der Waals surface area (Å²) >= 11 is 0. The third-order valence-electron chi connectivity index (χ3n) is 2.64. The van der Waals surface area contributed by atoms with Gasteiger partial charge in [0.15, 0.2) is 5.82 Å². The molecule has 0 saturated heterocycles. The number of aromatic amines is 1. The summed E-state index contributed by atoms with van der Waals surface area (Å²) in [7, 11) is -3.54. The third-order valence-corrected chi connectivity index (χ3v) is 4.06. The van der Waals surface area contributed by atoms with Crippen molar-refractivity contribution in [2.24, 2.45) is 0 Å². The Bertz CT molecular complexity index is 656. The SMILES string of the molecule is CC(NS(=O)(=O)Cc1cccc(CO)c1)c1nn[nH]n1. The van der Waals surface area contributed by atoms with E-state index < -0.39 is 16.1 Å². The molecule has 0 aliphatic carbocycles. The van der Waals surface area contributed by atoms with E-state index in [-0.39, 0.29) is 18.2 Å². The lowest BCUT2D eigenvalue weighted by Crippen LogP contribution is -2.28. The lowest BCUT2D eigenvalue weighted by molar-refractivity contribution is 0.282. The molecular formula is C11H15N5O3S. The fourth-order valence-electron chi connectivity index (χ4n) is 1.75. The van der Waals surface area contributed by atoms with Crippen LogP contribution >= 0.6 is 0 Å². The first-order valence-corrected chi connectivity index (χ1v) is 7.57. The van der Waals surface area contributed by atoms with E-state index in [1.807, 2.05) is 0 Å². The zero-order chi connectivity index (χ0) is 14.6. The molecule has 8 nitrogen and oxygen atoms in total. The Morgan fingerprint density at radius 2 is 2.15 bits per heavy atom. The van der Waals surface area contributed by atoms with Gasteiger partial charge in [-0.1, -0.05) is 29.5 Å². The van der Waals surface area contributed by atoms with Gasteiger partial charge in [0.05, 0.1) is 18.4 Å². The minimum atomic E-state index is -3.54. The Morgan fingerprint density at radius 1 is 1.40 bits per heavy atom. The lowest BCUT2D eigenvalue weighted by Gasteiger charge is -2.11. The Morgan fingerprint density at radius 3 is 2.80 bits per heavy atom. The normalized spacial score (nSPS) is 13.3. The van der Waals surface area contributed by atoms with Gasteiger partial charge in [0.2, 0.25) is 10.0 Å². The number of aliphatic hydroxyl groups excluding tert-OH is 1. The maximum atomic E-state index is 12.0. The van der Waals surface area contributed by atoms with Crippen LogP contribution in [0.3, 0.4) is 0 Å². The van der Waals surface area contributed by atoms with E-state index in [1.165, 1.54) is 0 Å². The number of hydrogen-bond acceptors (Lipinski definition) is 6. The third kappa shape index (κ3) is 3.83. The van der Waals surface area contributed by atoms with Crippen LogP contribution in [0.15, 0.2) is 24.3 Å². The molecule has 0 spiro atoms. The second kappa shape index (κ2) is 6.07. The van der Waals surface area contributed by atoms with Crippen molar-refractivity contribution >= 4 is 10.0 Å². The summed E-state index contributed by atoms with van der Waals surface area (Å²) in [5.41, 5.74) is 1.27. The van der Waals surface area contributed by atoms with Crippen LogP contribution in [0.4, 0.5) is 0 Å². The van der Waals surface area contributed by atoms with Crippen LogP contribution in [0, 0.1) is 0 Å². The van der Waals surface area contributed by atoms with Crippen molar-refractivity contribution in [3.8, 4) is 0 Å². The maximum absolute atomic E-state index is 12.0. The molecule has 0 amide bonds. The van der Waals surface area contributed by atoms with Crippen LogP contribution in [-0.4, -0.2) is 34.1 Å². The quantitative estimate of drug-likeness (QED) is 0.683. The number of H-pyrrole nitrogens is 1. The smallest absolute Gasteiger partial charge is 0.216 e. The highest BCUT2D eigenvalue weighted by atomic mass is 32.2. The zero-order valence-electron chi connectivity index (χ0n) is 10.8. The first-order valence-electron chi connectivity index (χ1n) is 5.92. The summed E-state index contributed by atoms with van der Waals surface area (Å²) in [6.07, 6.45) is 0. The minimum absolute atomic E-state index is 0.124. The predicted molar refractivity (Wildman–Crippen MR) is 70.7 cm³/mol. The van der Waals surface area contributed by atoms with E-state index >= 15 is 0 Å². The summed E-state index contributed by atoms with van der Waals surface area (Å²) < 4.78 is 26.6. The van der Waals surface area contributed by atoms with E-state index in [4.69, 9.17) is 5.11 Å². The molecule has 2 aromatic rings. The van der Waals surface area contributed by atoms with Crippen LogP contribution in [0.5, 0.6) is 0 Å². The van der Waals surface area contributed by atoms with E-state index in [0.29, 0.717) is 11.1 Å². The van der Waals surface area contributed by atoms with Crippen molar-refractivity contribution in [2.45, 2.75) is 25.3 Å². The Balaban J connectivity index is 2.07. The van der Waals surface area contributed by atoms with E-state index in [0.717, 1.165) is 0 Å². The fourth-order valence-corrected chi connectivity index (χ4v) is 3.10. The van der Waals surface area contributed by atoms with Crippen LogP contribution in [-0.2, 0) is 22.4 Å². The molecule has 1 unspecified atom stereocenters. The number of nitrogens with one attached hydrogen (secondary N) is 2. The van der Waals surface area contributed by atoms with Crippen molar-refractivity contribution in [3.05, 3.63) is 41.2 Å². The predicted octanol–water partition coefficient (Wildman–Crippen LogP) is -0.127. The molecule has 0 fully saturated rings. The molecule has 2 rings (SSSR count). The van der Waals surface area contributed by atoms with E-state index in [9.17, 15) is 8.42 Å². The molecule has 0 saturated carbocycles. The average Bonchev–Trinajstić information content (AvgIpc) is 2.91. The van der Waals surface area contributed by atoms with Gasteiger partial charge < -0.3 is 5.11 Å². The van der Waals surface area contributed by atoms with Crippen LogP contribution in [0.25, 0.3) is 0 Å². The zero-order valence-corrected chi connectivity index (χ0v) is 11.6. The molecule has 0 bridgehead atoms. The van der Waals surface area contributed by atoms with Gasteiger partial charge in [-0.2, -0.15) is 5.21 Å². The summed E-state index contributed by atoms with van der Waals surface area (Å²) in [5.74, 6) is 0.0981. The molecule has 20 heavy (non-hydrogen) atoms. The van der Waals surface area contributed by atoms with Crippen molar-refractivity contribution < 1.29 is 13.5 Å². The molecule has 1 heterocycles. The monoisotopic (exact) mass is 297 g/mol. The van der Waals surface area contributed by atoms with Gasteiger partial charge in [-0.25, -0.2) is 13.1 Å². The molecule has 0 aliphatic heterocycles. The van der Waals surface area contributed by atoms with Gasteiger partial charge in [0, 0.05) is 0 Å². The minimum Gasteiger partial charge on any atom is -0.392 e. The summed E-state index contributed by atoms with van der Waals surface area (Å²) in [5, 5.41) is 22.1. The van der Waals surface area contributed by atoms with E-state index in [1.54, 1.807) is 31.2 Å². The van der Waals surface area contributed by atoms with Crippen LogP contribution in [0.1, 0.15) is 29.9 Å². The number of rotatable bonds is 6. The highest BCUT2D eigenvalue weighted by Gasteiger charge is 2.19. The first kappa shape index (κ1) is 14.6. The van der Waals surface area contributed by atoms with Crippen molar-refractivity contribution in [1.82, 2.24) is 25.3 Å². The lowest BCUT2D eigenvalue weighted by atomic mass is 10.1. The van der Waals surface area contributed by atoms with Crippen LogP contribution in [0.2, 0.25) is 0 Å². The number of hydrogen-bond donors (Lipinski definition) is 3. The molecular weight excluding hydrogens is 282 g/mol. The first-order chi connectivity index (χ1) is 9.50. The second-order valence-corrected chi connectivity index (χ2v) is 6.10. The fraction of sp³-hybridized carbons (Fsp3) is 0.364. The van der Waals surface area contributed by atoms with Crippen LogP contribution < -0.4 is 4.72 Å². The largest absolute Gasteiger partial charge is 0.392 e. The summed E-state index contributed by atoms with van der Waals surface area (Å²) in [6, 6.07) is 6.21. The van der Waals surface area contributed by atoms with Gasteiger partial charge in [-0.3, -0.25) is 0 Å². The number of tetrazole rings is 1. The summed E-state index contributed by atoms with van der Waals surface area (Å²) in [4.78, 5) is 0. The highest BCUT2D eigenvalue weighted by Crippen LogP contribution is 2.12. The van der Waals surface area contributed by atoms with Gasteiger partial charge in [0.1, 0.15) is 0 Å². The average molecular weight is 297 g/mol. The van der Waals surface area contributed by atoms with Gasteiger partial charge >= 0.3 is 0 Å². The van der Waals surface area contributed by atoms with Crippen molar-refractivity contribution in [3.63, 3.8) is 0 Å². The van der Waals surface area contributed by atoms with Gasteiger partial charge in [-0.15, -0.1) is 10.2 Å². The summed E-state index contributed by atoms with van der Waals surface area (Å²) in [6.45, 7) is 1.51. The molecule has 0 radical (unpaired) electrons. The number of benzene rings is 1. The van der Waals surface area contributed by atoms with E-state index in [2.05, 4.69) is 25.3 Å². The Kier molecular flexibility index (Phi) is 4.42. The molecule has 1 atom stereocenters. The Labute approximate surface area is 116 Å². The van der Waals surface area contributed by atoms with Gasteiger partial charge in [-0.05, 0) is 18.1 Å². The number of sulfonamides is 1.